The van der Waals surface area contributed by atoms with Crippen LogP contribution in [-0.2, 0) is 10.0 Å². The third kappa shape index (κ3) is 2.05. The van der Waals surface area contributed by atoms with E-state index in [1.165, 1.54) is 0 Å². The lowest BCUT2D eigenvalue weighted by Gasteiger charge is -2.05. The summed E-state index contributed by atoms with van der Waals surface area (Å²) in [7, 11) is -3.47. The number of halogens is 1. The summed E-state index contributed by atoms with van der Waals surface area (Å²) in [5.74, 6) is 0. The first-order valence-corrected chi connectivity index (χ1v) is 6.29. The molecule has 2 rings (SSSR count). The number of fused-ring (bicyclic) bond motifs is 1. The number of para-hydroxylation sites is 1. The van der Waals surface area contributed by atoms with E-state index in [4.69, 9.17) is 11.6 Å². The molecule has 0 aliphatic heterocycles. The molecule has 0 bridgehead atoms. The van der Waals surface area contributed by atoms with Crippen molar-refractivity contribution < 1.29 is 8.42 Å². The minimum atomic E-state index is -3.47. The highest BCUT2D eigenvalue weighted by Gasteiger charge is 2.10. The summed E-state index contributed by atoms with van der Waals surface area (Å²) >= 11 is 5.29. The van der Waals surface area contributed by atoms with E-state index in [-0.39, 0.29) is 0 Å². The van der Waals surface area contributed by atoms with Gasteiger partial charge in [0.25, 0.3) is 0 Å². The van der Waals surface area contributed by atoms with Crippen molar-refractivity contribution in [1.29, 1.82) is 0 Å². The van der Waals surface area contributed by atoms with E-state index in [0.717, 1.165) is 5.39 Å². The number of H-pyrrole nitrogens is 1. The number of anilines is 1. The molecular formula is C8H8ClN3O2S. The molecule has 0 unspecified atom stereocenters. The lowest BCUT2D eigenvalue weighted by Crippen LogP contribution is -2.13. The highest BCUT2D eigenvalue weighted by Crippen LogP contribution is 2.21. The molecule has 7 heteroatoms. The van der Waals surface area contributed by atoms with Gasteiger partial charge in [-0.3, -0.25) is 9.82 Å². The molecule has 0 aliphatic carbocycles. The fourth-order valence-corrected chi connectivity index (χ4v) is 1.97. The van der Waals surface area contributed by atoms with E-state index in [0.29, 0.717) is 11.2 Å². The monoisotopic (exact) mass is 245 g/mol. The third-order valence-electron chi connectivity index (χ3n) is 1.89. The topological polar surface area (TPSA) is 74.8 Å². The summed E-state index contributed by atoms with van der Waals surface area (Å²) in [5, 5.41) is 6.90. The Kier molecular flexibility index (Phi) is 2.54. The molecule has 1 heterocycles. The molecule has 15 heavy (non-hydrogen) atoms. The summed E-state index contributed by atoms with van der Waals surface area (Å²) in [6.45, 7) is 0. The average Bonchev–Trinajstić information content (AvgIpc) is 2.66. The number of sulfonamides is 1. The second-order valence-corrected chi connectivity index (χ2v) is 5.27. The van der Waals surface area contributed by atoms with E-state index < -0.39 is 15.2 Å². The predicted molar refractivity (Wildman–Crippen MR) is 59.4 cm³/mol. The number of nitrogens with one attached hydrogen (secondary N) is 2. The minimum Gasteiger partial charge on any atom is -0.280 e. The van der Waals surface area contributed by atoms with E-state index in [2.05, 4.69) is 14.9 Å². The molecular weight excluding hydrogens is 238 g/mol. The van der Waals surface area contributed by atoms with E-state index in [9.17, 15) is 8.42 Å². The van der Waals surface area contributed by atoms with Gasteiger partial charge in [0.05, 0.1) is 17.4 Å². The molecule has 0 saturated heterocycles. The smallest absolute Gasteiger partial charge is 0.246 e. The Bertz CT molecular complexity index is 578. The van der Waals surface area contributed by atoms with Crippen molar-refractivity contribution in [3.63, 3.8) is 0 Å². The van der Waals surface area contributed by atoms with Gasteiger partial charge in [0.1, 0.15) is 5.21 Å². The van der Waals surface area contributed by atoms with Crippen molar-refractivity contribution in [2.75, 3.05) is 9.93 Å². The first-order chi connectivity index (χ1) is 7.12. The molecule has 0 aliphatic rings. The Morgan fingerprint density at radius 3 is 3.00 bits per heavy atom. The van der Waals surface area contributed by atoms with Crippen LogP contribution in [0.3, 0.4) is 0 Å². The van der Waals surface area contributed by atoms with E-state index in [1.807, 2.05) is 6.07 Å². The standard InChI is InChI=1S/C8H8ClN3O2S/c9-5-15(13,14)12-7-3-1-2-6-4-10-11-8(6)7/h1-4,12H,5H2,(H,10,11). The largest absolute Gasteiger partial charge is 0.280 e. The number of aromatic amines is 1. The minimum absolute atomic E-state index is 0.450. The zero-order valence-corrected chi connectivity index (χ0v) is 9.14. The van der Waals surface area contributed by atoms with Gasteiger partial charge in [0, 0.05) is 5.39 Å². The number of alkyl halides is 1. The summed E-state index contributed by atoms with van der Waals surface area (Å²) in [4.78, 5) is 0. The lowest BCUT2D eigenvalue weighted by atomic mass is 10.2. The first-order valence-electron chi connectivity index (χ1n) is 4.11. The quantitative estimate of drug-likeness (QED) is 0.805. The zero-order chi connectivity index (χ0) is 10.9. The van der Waals surface area contributed by atoms with Crippen LogP contribution >= 0.6 is 11.6 Å². The summed E-state index contributed by atoms with van der Waals surface area (Å²) in [6, 6.07) is 5.21. The number of hydrogen-bond acceptors (Lipinski definition) is 3. The van der Waals surface area contributed by atoms with Crippen LogP contribution in [0.15, 0.2) is 24.4 Å². The average molecular weight is 246 g/mol. The summed E-state index contributed by atoms with van der Waals surface area (Å²) < 4.78 is 24.9. The fourth-order valence-electron chi connectivity index (χ4n) is 1.25. The SMILES string of the molecule is O=S(=O)(CCl)Nc1cccc2cn[nH]c12. The maximum atomic E-state index is 11.3. The van der Waals surface area contributed by atoms with Crippen LogP contribution < -0.4 is 4.72 Å². The van der Waals surface area contributed by atoms with Crippen molar-refractivity contribution >= 4 is 38.2 Å². The lowest BCUT2D eigenvalue weighted by molar-refractivity contribution is 0.605. The van der Waals surface area contributed by atoms with Gasteiger partial charge in [0.2, 0.25) is 10.0 Å². The van der Waals surface area contributed by atoms with Crippen molar-refractivity contribution in [2.24, 2.45) is 0 Å². The van der Waals surface area contributed by atoms with Crippen LogP contribution in [0.2, 0.25) is 0 Å². The Hall–Kier alpha value is -1.27. The maximum Gasteiger partial charge on any atom is 0.246 e. The van der Waals surface area contributed by atoms with Gasteiger partial charge >= 0.3 is 0 Å². The molecule has 0 saturated carbocycles. The Morgan fingerprint density at radius 2 is 2.27 bits per heavy atom. The first kappa shape index (κ1) is 10.3. The second-order valence-electron chi connectivity index (χ2n) is 2.97. The molecule has 0 spiro atoms. The number of aromatic nitrogens is 2. The third-order valence-corrected chi connectivity index (χ3v) is 3.57. The van der Waals surface area contributed by atoms with Gasteiger partial charge in [-0.15, -0.1) is 11.6 Å². The normalized spacial score (nSPS) is 11.8. The molecule has 5 nitrogen and oxygen atoms in total. The van der Waals surface area contributed by atoms with Crippen LogP contribution in [0.1, 0.15) is 0 Å². The summed E-state index contributed by atoms with van der Waals surface area (Å²) in [5.41, 5.74) is 1.09. The molecule has 0 fully saturated rings. The molecule has 2 aromatic rings. The maximum absolute atomic E-state index is 11.3. The highest BCUT2D eigenvalue weighted by molar-refractivity contribution is 7.93. The Morgan fingerprint density at radius 1 is 1.47 bits per heavy atom. The molecule has 0 amide bonds. The van der Waals surface area contributed by atoms with Gasteiger partial charge in [-0.2, -0.15) is 5.10 Å². The van der Waals surface area contributed by atoms with Crippen LogP contribution in [-0.4, -0.2) is 23.8 Å². The molecule has 2 N–H and O–H groups in total. The van der Waals surface area contributed by atoms with Gasteiger partial charge < -0.3 is 0 Å². The number of benzene rings is 1. The Balaban J connectivity index is 2.48. The van der Waals surface area contributed by atoms with E-state index >= 15 is 0 Å². The molecule has 80 valence electrons. The molecule has 1 aromatic carbocycles. The molecule has 1 aromatic heterocycles. The Labute approximate surface area is 91.5 Å². The number of hydrogen-bond donors (Lipinski definition) is 2. The highest BCUT2D eigenvalue weighted by atomic mass is 35.5. The summed E-state index contributed by atoms with van der Waals surface area (Å²) in [6.07, 6.45) is 1.62. The van der Waals surface area contributed by atoms with Crippen molar-refractivity contribution in [2.45, 2.75) is 0 Å². The number of rotatable bonds is 3. The van der Waals surface area contributed by atoms with Gasteiger partial charge in [-0.05, 0) is 6.07 Å². The second kappa shape index (κ2) is 3.71. The van der Waals surface area contributed by atoms with Crippen LogP contribution in [0, 0.1) is 0 Å². The number of nitrogens with zero attached hydrogens (tertiary/aromatic N) is 1. The van der Waals surface area contributed by atoms with Crippen LogP contribution in [0.4, 0.5) is 5.69 Å². The van der Waals surface area contributed by atoms with Gasteiger partial charge in [-0.1, -0.05) is 12.1 Å². The van der Waals surface area contributed by atoms with E-state index in [1.54, 1.807) is 18.3 Å². The van der Waals surface area contributed by atoms with Crippen LogP contribution in [0.5, 0.6) is 0 Å². The van der Waals surface area contributed by atoms with Crippen molar-refractivity contribution in [1.82, 2.24) is 10.2 Å². The van der Waals surface area contributed by atoms with Crippen molar-refractivity contribution in [3.8, 4) is 0 Å². The fraction of sp³-hybridized carbons (Fsp3) is 0.125. The predicted octanol–water partition coefficient (Wildman–Crippen LogP) is 1.50. The van der Waals surface area contributed by atoms with Crippen molar-refractivity contribution in [3.05, 3.63) is 24.4 Å². The van der Waals surface area contributed by atoms with Crippen LogP contribution in [0.25, 0.3) is 10.9 Å². The molecule has 0 radical (unpaired) electrons. The van der Waals surface area contributed by atoms with Gasteiger partial charge in [-0.25, -0.2) is 8.42 Å². The molecule has 0 atom stereocenters. The van der Waals surface area contributed by atoms with Gasteiger partial charge in [0.15, 0.2) is 0 Å². The zero-order valence-electron chi connectivity index (χ0n) is 7.57.